The van der Waals surface area contributed by atoms with Gasteiger partial charge in [0.05, 0.1) is 21.3 Å². The van der Waals surface area contributed by atoms with Gasteiger partial charge in [0.25, 0.3) is 5.91 Å². The number of methoxy groups -OCH3 is 3. The first-order valence-corrected chi connectivity index (χ1v) is 8.07. The van der Waals surface area contributed by atoms with E-state index in [-0.39, 0.29) is 17.8 Å². The summed E-state index contributed by atoms with van der Waals surface area (Å²) in [6.45, 7) is 1.95. The Morgan fingerprint density at radius 2 is 1.59 bits per heavy atom. The quantitative estimate of drug-likeness (QED) is 0.712. The Balaban J connectivity index is 1.85. The van der Waals surface area contributed by atoms with Gasteiger partial charge >= 0.3 is 6.01 Å². The fourth-order valence-electron chi connectivity index (χ4n) is 2.47. The number of anilines is 1. The van der Waals surface area contributed by atoms with Crippen molar-refractivity contribution in [1.29, 1.82) is 0 Å². The number of rotatable bonds is 6. The molecule has 0 saturated heterocycles. The van der Waals surface area contributed by atoms with E-state index in [1.807, 2.05) is 19.1 Å². The van der Waals surface area contributed by atoms with Crippen molar-refractivity contribution in [2.75, 3.05) is 26.6 Å². The van der Waals surface area contributed by atoms with Crippen LogP contribution in [-0.2, 0) is 0 Å². The summed E-state index contributed by atoms with van der Waals surface area (Å²) in [5, 5.41) is 10.4. The number of aryl methyl sites for hydroxylation is 1. The number of carbonyl (C=O) groups is 1. The normalized spacial score (nSPS) is 10.4. The molecule has 1 aromatic heterocycles. The predicted octanol–water partition coefficient (Wildman–Crippen LogP) is 3.32. The standard InChI is InChI=1S/C19H19N3O5/c1-11-5-7-12(8-6-11)17(23)20-19-22-21-18(27-19)13-9-14(24-2)16(26-4)15(10-13)25-3/h5-10H,1-4H3,(H,20,22,23). The van der Waals surface area contributed by atoms with Crippen molar-refractivity contribution >= 4 is 11.9 Å². The Kier molecular flexibility index (Phi) is 5.25. The van der Waals surface area contributed by atoms with Crippen molar-refractivity contribution in [3.05, 3.63) is 47.5 Å². The van der Waals surface area contributed by atoms with Crippen molar-refractivity contribution in [3.63, 3.8) is 0 Å². The van der Waals surface area contributed by atoms with Crippen molar-refractivity contribution in [2.45, 2.75) is 6.92 Å². The topological polar surface area (TPSA) is 95.7 Å². The zero-order chi connectivity index (χ0) is 19.4. The lowest BCUT2D eigenvalue weighted by atomic mass is 10.1. The molecule has 2 aromatic carbocycles. The first kappa shape index (κ1) is 18.2. The molecule has 0 spiro atoms. The van der Waals surface area contributed by atoms with Gasteiger partial charge in [-0.2, -0.15) is 0 Å². The van der Waals surface area contributed by atoms with Crippen LogP contribution in [0.4, 0.5) is 6.01 Å². The second-order valence-corrected chi connectivity index (χ2v) is 5.65. The van der Waals surface area contributed by atoms with Gasteiger partial charge in [-0.05, 0) is 31.2 Å². The van der Waals surface area contributed by atoms with E-state index in [9.17, 15) is 4.79 Å². The van der Waals surface area contributed by atoms with Crippen LogP contribution in [0, 0.1) is 6.92 Å². The largest absolute Gasteiger partial charge is 0.493 e. The smallest absolute Gasteiger partial charge is 0.322 e. The van der Waals surface area contributed by atoms with Crippen LogP contribution in [-0.4, -0.2) is 37.4 Å². The molecular weight excluding hydrogens is 350 g/mol. The van der Waals surface area contributed by atoms with E-state index in [1.54, 1.807) is 24.3 Å². The summed E-state index contributed by atoms with van der Waals surface area (Å²) in [4.78, 5) is 12.3. The monoisotopic (exact) mass is 369 g/mol. The molecule has 140 valence electrons. The summed E-state index contributed by atoms with van der Waals surface area (Å²) >= 11 is 0. The van der Waals surface area contributed by atoms with Gasteiger partial charge in [-0.15, -0.1) is 5.10 Å². The van der Waals surface area contributed by atoms with Gasteiger partial charge in [-0.1, -0.05) is 22.8 Å². The third-order valence-corrected chi connectivity index (χ3v) is 3.87. The molecule has 1 heterocycles. The number of carbonyl (C=O) groups excluding carboxylic acids is 1. The first-order valence-electron chi connectivity index (χ1n) is 8.07. The number of ether oxygens (including phenoxy) is 3. The van der Waals surface area contributed by atoms with Crippen LogP contribution in [0.5, 0.6) is 17.2 Å². The Labute approximate surface area is 156 Å². The number of aromatic nitrogens is 2. The van der Waals surface area contributed by atoms with E-state index in [1.165, 1.54) is 21.3 Å². The van der Waals surface area contributed by atoms with Crippen LogP contribution in [0.1, 0.15) is 15.9 Å². The molecule has 8 nitrogen and oxygen atoms in total. The number of nitrogens with zero attached hydrogens (tertiary/aromatic N) is 2. The number of hydrogen-bond donors (Lipinski definition) is 1. The van der Waals surface area contributed by atoms with Crippen LogP contribution in [0.2, 0.25) is 0 Å². The highest BCUT2D eigenvalue weighted by Crippen LogP contribution is 2.41. The summed E-state index contributed by atoms with van der Waals surface area (Å²) in [6.07, 6.45) is 0. The molecular formula is C19H19N3O5. The highest BCUT2D eigenvalue weighted by Gasteiger charge is 2.18. The second-order valence-electron chi connectivity index (χ2n) is 5.65. The van der Waals surface area contributed by atoms with E-state index >= 15 is 0 Å². The molecule has 0 atom stereocenters. The molecule has 0 aliphatic carbocycles. The van der Waals surface area contributed by atoms with Gasteiger partial charge in [0.15, 0.2) is 11.5 Å². The van der Waals surface area contributed by atoms with E-state index in [4.69, 9.17) is 18.6 Å². The van der Waals surface area contributed by atoms with Gasteiger partial charge in [0.1, 0.15) is 0 Å². The van der Waals surface area contributed by atoms with Crippen molar-refractivity contribution < 1.29 is 23.4 Å². The molecule has 1 amide bonds. The highest BCUT2D eigenvalue weighted by molar-refractivity contribution is 6.03. The minimum Gasteiger partial charge on any atom is -0.493 e. The maximum atomic E-state index is 12.3. The van der Waals surface area contributed by atoms with E-state index in [2.05, 4.69) is 15.5 Å². The highest BCUT2D eigenvalue weighted by atomic mass is 16.5. The molecule has 3 rings (SSSR count). The van der Waals surface area contributed by atoms with Gasteiger partial charge < -0.3 is 18.6 Å². The SMILES string of the molecule is COc1cc(-c2nnc(NC(=O)c3ccc(C)cc3)o2)cc(OC)c1OC. The summed E-state index contributed by atoms with van der Waals surface area (Å²) < 4.78 is 21.5. The van der Waals surface area contributed by atoms with Gasteiger partial charge in [0, 0.05) is 11.1 Å². The lowest BCUT2D eigenvalue weighted by Gasteiger charge is -2.12. The van der Waals surface area contributed by atoms with E-state index in [0.717, 1.165) is 5.56 Å². The van der Waals surface area contributed by atoms with Gasteiger partial charge in [-0.3, -0.25) is 10.1 Å². The fourth-order valence-corrected chi connectivity index (χ4v) is 2.47. The molecule has 3 aromatic rings. The molecule has 0 bridgehead atoms. The molecule has 0 radical (unpaired) electrons. The van der Waals surface area contributed by atoms with Crippen molar-refractivity contribution in [3.8, 4) is 28.7 Å². The molecule has 1 N–H and O–H groups in total. The van der Waals surface area contributed by atoms with E-state index < -0.39 is 0 Å². The number of benzene rings is 2. The summed E-state index contributed by atoms with van der Waals surface area (Å²) in [5.41, 5.74) is 2.12. The summed E-state index contributed by atoms with van der Waals surface area (Å²) in [5.74, 6) is 1.23. The van der Waals surface area contributed by atoms with Crippen LogP contribution in [0.3, 0.4) is 0 Å². The van der Waals surface area contributed by atoms with Crippen molar-refractivity contribution in [1.82, 2.24) is 10.2 Å². The summed E-state index contributed by atoms with van der Waals surface area (Å²) in [6, 6.07) is 10.5. The van der Waals surface area contributed by atoms with Crippen LogP contribution in [0.15, 0.2) is 40.8 Å². The lowest BCUT2D eigenvalue weighted by Crippen LogP contribution is -2.11. The molecule has 27 heavy (non-hydrogen) atoms. The first-order chi connectivity index (χ1) is 13.0. The third-order valence-electron chi connectivity index (χ3n) is 3.87. The van der Waals surface area contributed by atoms with Gasteiger partial charge in [-0.25, -0.2) is 0 Å². The minimum absolute atomic E-state index is 0.00988. The average Bonchev–Trinajstić information content (AvgIpc) is 3.15. The van der Waals surface area contributed by atoms with Crippen LogP contribution >= 0.6 is 0 Å². The van der Waals surface area contributed by atoms with Gasteiger partial charge in [0.2, 0.25) is 11.6 Å². The molecule has 0 unspecified atom stereocenters. The predicted molar refractivity (Wildman–Crippen MR) is 98.5 cm³/mol. The zero-order valence-electron chi connectivity index (χ0n) is 15.4. The molecule has 0 fully saturated rings. The molecule has 0 aliphatic rings. The van der Waals surface area contributed by atoms with Crippen LogP contribution < -0.4 is 19.5 Å². The fraction of sp³-hybridized carbons (Fsp3) is 0.211. The number of hydrogen-bond acceptors (Lipinski definition) is 7. The Morgan fingerprint density at radius 3 is 2.15 bits per heavy atom. The molecule has 0 saturated carbocycles. The zero-order valence-corrected chi connectivity index (χ0v) is 15.4. The Hall–Kier alpha value is -3.55. The maximum Gasteiger partial charge on any atom is 0.322 e. The average molecular weight is 369 g/mol. The molecule has 8 heteroatoms. The number of nitrogens with one attached hydrogen (secondary N) is 1. The van der Waals surface area contributed by atoms with E-state index in [0.29, 0.717) is 28.4 Å². The minimum atomic E-state index is -0.338. The second kappa shape index (κ2) is 7.77. The third kappa shape index (κ3) is 3.84. The van der Waals surface area contributed by atoms with Crippen molar-refractivity contribution in [2.24, 2.45) is 0 Å². The number of amides is 1. The van der Waals surface area contributed by atoms with Crippen LogP contribution in [0.25, 0.3) is 11.5 Å². The lowest BCUT2D eigenvalue weighted by molar-refractivity contribution is 0.102. The Bertz CT molecular complexity index is 925. The summed E-state index contributed by atoms with van der Waals surface area (Å²) in [7, 11) is 4.55. The maximum absolute atomic E-state index is 12.3. The Morgan fingerprint density at radius 1 is 0.963 bits per heavy atom. The molecule has 0 aliphatic heterocycles.